The van der Waals surface area contributed by atoms with Crippen LogP contribution in [0, 0.1) is 0 Å². The molecular weight excluding hydrogens is 374 g/mol. The highest BCUT2D eigenvalue weighted by molar-refractivity contribution is 7.99. The van der Waals surface area contributed by atoms with Crippen LogP contribution in [0.1, 0.15) is 35.2 Å². The zero-order chi connectivity index (χ0) is 19.5. The van der Waals surface area contributed by atoms with Crippen molar-refractivity contribution in [3.05, 3.63) is 53.6 Å². The second kappa shape index (κ2) is 8.06. The van der Waals surface area contributed by atoms with Crippen molar-refractivity contribution in [2.24, 2.45) is 0 Å². The molecule has 28 heavy (non-hydrogen) atoms. The van der Waals surface area contributed by atoms with Gasteiger partial charge >= 0.3 is 0 Å². The number of hydrogen-bond donors (Lipinski definition) is 2. The number of carbonyl (C=O) groups is 3. The lowest BCUT2D eigenvalue weighted by atomic mass is 10.1. The molecular formula is C21H21N3O3S. The van der Waals surface area contributed by atoms with Crippen LogP contribution in [0.2, 0.25) is 0 Å². The Hall–Kier alpha value is -2.80. The SMILES string of the molecule is O=C1CCSc2ccc(C(=O)NCc3ccc(N4CCCC4=O)cc3)cc2N1. The molecule has 0 saturated carbocycles. The van der Waals surface area contributed by atoms with E-state index in [0.29, 0.717) is 30.6 Å². The molecule has 0 bridgehead atoms. The predicted molar refractivity (Wildman–Crippen MR) is 110 cm³/mol. The van der Waals surface area contributed by atoms with Gasteiger partial charge < -0.3 is 15.5 Å². The summed E-state index contributed by atoms with van der Waals surface area (Å²) in [6.45, 7) is 1.16. The van der Waals surface area contributed by atoms with Crippen LogP contribution in [-0.4, -0.2) is 30.0 Å². The van der Waals surface area contributed by atoms with Gasteiger partial charge in [0.25, 0.3) is 5.91 Å². The van der Waals surface area contributed by atoms with E-state index in [0.717, 1.165) is 34.9 Å². The van der Waals surface area contributed by atoms with Crippen molar-refractivity contribution in [1.82, 2.24) is 5.32 Å². The summed E-state index contributed by atoms with van der Waals surface area (Å²) in [5, 5.41) is 5.76. The van der Waals surface area contributed by atoms with Gasteiger partial charge in [-0.05, 0) is 42.3 Å². The van der Waals surface area contributed by atoms with Crippen LogP contribution in [0.5, 0.6) is 0 Å². The molecule has 3 amide bonds. The molecule has 2 aliphatic heterocycles. The van der Waals surface area contributed by atoms with E-state index in [-0.39, 0.29) is 17.7 Å². The second-order valence-electron chi connectivity index (χ2n) is 6.86. The number of thioether (sulfide) groups is 1. The fourth-order valence-electron chi connectivity index (χ4n) is 3.36. The van der Waals surface area contributed by atoms with Gasteiger partial charge in [0.05, 0.1) is 5.69 Å². The van der Waals surface area contributed by atoms with Crippen molar-refractivity contribution in [2.45, 2.75) is 30.7 Å². The number of anilines is 2. The van der Waals surface area contributed by atoms with Crippen molar-refractivity contribution >= 4 is 40.9 Å². The number of hydrogen-bond acceptors (Lipinski definition) is 4. The van der Waals surface area contributed by atoms with Crippen LogP contribution >= 0.6 is 11.8 Å². The molecule has 2 N–H and O–H groups in total. The molecule has 2 aromatic rings. The first-order chi connectivity index (χ1) is 13.6. The molecule has 0 spiro atoms. The maximum absolute atomic E-state index is 12.5. The molecule has 1 saturated heterocycles. The Morgan fingerprint density at radius 2 is 1.93 bits per heavy atom. The van der Waals surface area contributed by atoms with Gasteiger partial charge in [0, 0.05) is 47.8 Å². The minimum absolute atomic E-state index is 0.0274. The monoisotopic (exact) mass is 395 g/mol. The van der Waals surface area contributed by atoms with Gasteiger partial charge in [0.1, 0.15) is 0 Å². The first kappa shape index (κ1) is 18.6. The molecule has 144 valence electrons. The topological polar surface area (TPSA) is 78.5 Å². The quantitative estimate of drug-likeness (QED) is 0.833. The Balaban J connectivity index is 1.39. The number of benzene rings is 2. The summed E-state index contributed by atoms with van der Waals surface area (Å²) in [5.41, 5.74) is 3.07. The van der Waals surface area contributed by atoms with Crippen molar-refractivity contribution < 1.29 is 14.4 Å². The Kier molecular flexibility index (Phi) is 5.34. The second-order valence-corrected chi connectivity index (χ2v) is 7.99. The molecule has 0 aromatic heterocycles. The summed E-state index contributed by atoms with van der Waals surface area (Å²) in [7, 11) is 0. The van der Waals surface area contributed by atoms with E-state index in [1.807, 2.05) is 30.3 Å². The lowest BCUT2D eigenvalue weighted by Crippen LogP contribution is -2.24. The highest BCUT2D eigenvalue weighted by Gasteiger charge is 2.21. The molecule has 7 heteroatoms. The first-order valence-corrected chi connectivity index (χ1v) is 10.3. The summed E-state index contributed by atoms with van der Waals surface area (Å²) in [4.78, 5) is 38.8. The van der Waals surface area contributed by atoms with Gasteiger partial charge in [-0.15, -0.1) is 11.8 Å². The zero-order valence-electron chi connectivity index (χ0n) is 15.4. The summed E-state index contributed by atoms with van der Waals surface area (Å²) in [6, 6.07) is 13.1. The number of amides is 3. The number of carbonyl (C=O) groups excluding carboxylic acids is 3. The van der Waals surface area contributed by atoms with E-state index < -0.39 is 0 Å². The maximum atomic E-state index is 12.5. The number of nitrogens with zero attached hydrogens (tertiary/aromatic N) is 1. The minimum atomic E-state index is -0.190. The van der Waals surface area contributed by atoms with Crippen LogP contribution in [0.3, 0.4) is 0 Å². The normalized spacial score (nSPS) is 16.4. The van der Waals surface area contributed by atoms with E-state index in [4.69, 9.17) is 0 Å². The largest absolute Gasteiger partial charge is 0.348 e. The predicted octanol–water partition coefficient (Wildman–Crippen LogP) is 3.18. The van der Waals surface area contributed by atoms with Crippen molar-refractivity contribution in [1.29, 1.82) is 0 Å². The summed E-state index contributed by atoms with van der Waals surface area (Å²) in [6.07, 6.45) is 1.98. The van der Waals surface area contributed by atoms with Crippen LogP contribution in [0.25, 0.3) is 0 Å². The minimum Gasteiger partial charge on any atom is -0.348 e. The zero-order valence-corrected chi connectivity index (χ0v) is 16.2. The van der Waals surface area contributed by atoms with Crippen LogP contribution < -0.4 is 15.5 Å². The van der Waals surface area contributed by atoms with Gasteiger partial charge in [0.15, 0.2) is 0 Å². The van der Waals surface area contributed by atoms with Crippen LogP contribution in [-0.2, 0) is 16.1 Å². The molecule has 6 nitrogen and oxygen atoms in total. The summed E-state index contributed by atoms with van der Waals surface area (Å²) >= 11 is 1.61. The molecule has 0 atom stereocenters. The molecule has 2 aliphatic rings. The fourth-order valence-corrected chi connectivity index (χ4v) is 4.30. The van der Waals surface area contributed by atoms with Crippen molar-refractivity contribution in [3.63, 3.8) is 0 Å². The molecule has 1 fully saturated rings. The highest BCUT2D eigenvalue weighted by atomic mass is 32.2. The number of rotatable bonds is 4. The third-order valence-corrected chi connectivity index (χ3v) is 5.95. The van der Waals surface area contributed by atoms with Gasteiger partial charge in [0.2, 0.25) is 11.8 Å². The lowest BCUT2D eigenvalue weighted by Gasteiger charge is -2.16. The van der Waals surface area contributed by atoms with E-state index in [1.54, 1.807) is 28.8 Å². The Labute approximate surface area is 167 Å². The number of fused-ring (bicyclic) bond motifs is 1. The number of nitrogens with one attached hydrogen (secondary N) is 2. The lowest BCUT2D eigenvalue weighted by molar-refractivity contribution is -0.117. The third kappa shape index (κ3) is 4.04. The molecule has 0 radical (unpaired) electrons. The average molecular weight is 395 g/mol. The van der Waals surface area contributed by atoms with E-state index in [1.165, 1.54) is 0 Å². The van der Waals surface area contributed by atoms with Crippen LogP contribution in [0.15, 0.2) is 47.4 Å². The summed E-state index contributed by atoms with van der Waals surface area (Å²) < 4.78 is 0. The first-order valence-electron chi connectivity index (χ1n) is 9.34. The fraction of sp³-hybridized carbons (Fsp3) is 0.286. The van der Waals surface area contributed by atoms with Crippen LogP contribution in [0.4, 0.5) is 11.4 Å². The smallest absolute Gasteiger partial charge is 0.251 e. The highest BCUT2D eigenvalue weighted by Crippen LogP contribution is 2.31. The van der Waals surface area contributed by atoms with Gasteiger partial charge in [-0.25, -0.2) is 0 Å². The molecule has 0 aliphatic carbocycles. The maximum Gasteiger partial charge on any atom is 0.251 e. The van der Waals surface area contributed by atoms with E-state index in [2.05, 4.69) is 10.6 Å². The molecule has 4 rings (SSSR count). The molecule has 2 aromatic carbocycles. The Morgan fingerprint density at radius 1 is 1.11 bits per heavy atom. The van der Waals surface area contributed by atoms with Gasteiger partial charge in [-0.2, -0.15) is 0 Å². The Morgan fingerprint density at radius 3 is 2.68 bits per heavy atom. The Bertz CT molecular complexity index is 927. The van der Waals surface area contributed by atoms with Gasteiger partial charge in [-0.1, -0.05) is 12.1 Å². The van der Waals surface area contributed by atoms with Gasteiger partial charge in [-0.3, -0.25) is 14.4 Å². The molecule has 0 unspecified atom stereocenters. The van der Waals surface area contributed by atoms with Crippen molar-refractivity contribution in [2.75, 3.05) is 22.5 Å². The average Bonchev–Trinajstić information content (AvgIpc) is 3.03. The standard InChI is InChI=1S/C21H21N3O3S/c25-19-9-11-28-18-8-5-15(12-17(18)23-19)21(27)22-13-14-3-6-16(7-4-14)24-10-1-2-20(24)26/h3-8,12H,1-2,9-11,13H2,(H,22,27)(H,23,25). The molecule has 2 heterocycles. The summed E-state index contributed by atoms with van der Waals surface area (Å²) in [5.74, 6) is 0.684. The van der Waals surface area contributed by atoms with E-state index in [9.17, 15) is 14.4 Å². The van der Waals surface area contributed by atoms with Crippen molar-refractivity contribution in [3.8, 4) is 0 Å². The third-order valence-electron chi connectivity index (χ3n) is 4.88. The van der Waals surface area contributed by atoms with E-state index >= 15 is 0 Å².